The summed E-state index contributed by atoms with van der Waals surface area (Å²) in [4.78, 5) is 24.6. The molecule has 2 rings (SSSR count). The van der Waals surface area contributed by atoms with Gasteiger partial charge in [-0.2, -0.15) is 0 Å². The fourth-order valence-electron chi connectivity index (χ4n) is 3.05. The van der Waals surface area contributed by atoms with Crippen molar-refractivity contribution in [3.05, 3.63) is 53.6 Å². The Balaban J connectivity index is 1.80. The first-order chi connectivity index (χ1) is 14.5. The summed E-state index contributed by atoms with van der Waals surface area (Å²) in [6, 6.07) is 13.4. The van der Waals surface area contributed by atoms with Gasteiger partial charge in [-0.05, 0) is 37.5 Å². The molecule has 0 aliphatic rings. The number of rotatable bonds is 11. The van der Waals surface area contributed by atoms with Crippen molar-refractivity contribution in [3.8, 4) is 17.2 Å². The van der Waals surface area contributed by atoms with Gasteiger partial charge in [0.25, 0.3) is 5.91 Å². The Hall–Kier alpha value is -3.22. The molecule has 2 N–H and O–H groups in total. The van der Waals surface area contributed by atoms with Crippen molar-refractivity contribution in [2.75, 3.05) is 27.9 Å². The average molecular weight is 415 g/mol. The third-order valence-corrected chi connectivity index (χ3v) is 4.68. The topological polar surface area (TPSA) is 85.9 Å². The summed E-state index contributed by atoms with van der Waals surface area (Å²) in [6.45, 7) is 2.21. The van der Waals surface area contributed by atoms with Crippen molar-refractivity contribution in [3.63, 3.8) is 0 Å². The predicted molar refractivity (Wildman–Crippen MR) is 115 cm³/mol. The largest absolute Gasteiger partial charge is 0.493 e. The molecule has 0 saturated heterocycles. The van der Waals surface area contributed by atoms with E-state index in [-0.39, 0.29) is 30.8 Å². The van der Waals surface area contributed by atoms with Crippen LogP contribution in [-0.2, 0) is 11.2 Å². The molecule has 0 fully saturated rings. The zero-order valence-corrected chi connectivity index (χ0v) is 18.0. The number of carbonyl (C=O) groups excluding carboxylic acids is 2. The van der Waals surface area contributed by atoms with Crippen LogP contribution in [0.3, 0.4) is 0 Å². The van der Waals surface area contributed by atoms with Gasteiger partial charge in [0.1, 0.15) is 0 Å². The number of benzene rings is 2. The minimum atomic E-state index is -0.320. The lowest BCUT2D eigenvalue weighted by Gasteiger charge is -2.15. The van der Waals surface area contributed by atoms with Crippen LogP contribution in [-0.4, -0.2) is 45.7 Å². The molecule has 0 bridgehead atoms. The van der Waals surface area contributed by atoms with Gasteiger partial charge in [0, 0.05) is 24.6 Å². The fraction of sp³-hybridized carbons (Fsp3) is 0.391. The van der Waals surface area contributed by atoms with Crippen molar-refractivity contribution in [1.82, 2.24) is 10.6 Å². The molecule has 0 saturated carbocycles. The molecule has 2 aromatic rings. The van der Waals surface area contributed by atoms with Gasteiger partial charge >= 0.3 is 0 Å². The number of methoxy groups -OCH3 is 3. The second-order valence-corrected chi connectivity index (χ2v) is 6.91. The second kappa shape index (κ2) is 11.7. The molecule has 7 heteroatoms. The summed E-state index contributed by atoms with van der Waals surface area (Å²) in [6.07, 6.45) is 1.96. The van der Waals surface area contributed by atoms with Gasteiger partial charge < -0.3 is 24.8 Å². The molecule has 2 aromatic carbocycles. The minimum Gasteiger partial charge on any atom is -0.493 e. The van der Waals surface area contributed by atoms with Crippen LogP contribution in [0.25, 0.3) is 0 Å². The highest BCUT2D eigenvalue weighted by atomic mass is 16.5. The lowest BCUT2D eigenvalue weighted by molar-refractivity contribution is -0.121. The van der Waals surface area contributed by atoms with Crippen molar-refractivity contribution < 1.29 is 23.8 Å². The third-order valence-electron chi connectivity index (χ3n) is 4.68. The summed E-state index contributed by atoms with van der Waals surface area (Å²) in [5.74, 6) is 0.791. The zero-order chi connectivity index (χ0) is 21.9. The molecule has 30 heavy (non-hydrogen) atoms. The number of nitrogens with one attached hydrogen (secondary N) is 2. The molecule has 2 amide bonds. The molecular weight excluding hydrogens is 384 g/mol. The van der Waals surface area contributed by atoms with E-state index >= 15 is 0 Å². The Bertz CT molecular complexity index is 814. The number of amides is 2. The lowest BCUT2D eigenvalue weighted by atomic mass is 10.1. The molecule has 7 nitrogen and oxygen atoms in total. The Morgan fingerprint density at radius 2 is 1.60 bits per heavy atom. The monoisotopic (exact) mass is 414 g/mol. The Morgan fingerprint density at radius 1 is 0.967 bits per heavy atom. The van der Waals surface area contributed by atoms with Crippen LogP contribution in [0.5, 0.6) is 17.2 Å². The first-order valence-corrected chi connectivity index (χ1v) is 9.90. The first-order valence-electron chi connectivity index (χ1n) is 9.90. The van der Waals surface area contributed by atoms with Gasteiger partial charge in [0.15, 0.2) is 11.5 Å². The summed E-state index contributed by atoms with van der Waals surface area (Å²) in [7, 11) is 4.48. The van der Waals surface area contributed by atoms with E-state index in [4.69, 9.17) is 14.2 Å². The molecule has 1 atom stereocenters. The van der Waals surface area contributed by atoms with Gasteiger partial charge in [-0.15, -0.1) is 0 Å². The normalized spacial score (nSPS) is 11.3. The summed E-state index contributed by atoms with van der Waals surface area (Å²) in [5.41, 5.74) is 1.61. The standard InChI is InChI=1S/C23H30N2O5/c1-16(10-11-17-8-6-5-7-9-17)25-21(26)12-13-24-23(27)18-14-19(28-2)22(30-4)20(15-18)29-3/h5-9,14-16H,10-13H2,1-4H3,(H,24,27)(H,25,26)/t16-/m1/s1. The highest BCUT2D eigenvalue weighted by Gasteiger charge is 2.17. The van der Waals surface area contributed by atoms with Gasteiger partial charge in [0.2, 0.25) is 11.7 Å². The van der Waals surface area contributed by atoms with Crippen molar-refractivity contribution >= 4 is 11.8 Å². The van der Waals surface area contributed by atoms with E-state index in [1.165, 1.54) is 26.9 Å². The minimum absolute atomic E-state index is 0.0588. The van der Waals surface area contributed by atoms with E-state index in [2.05, 4.69) is 22.8 Å². The SMILES string of the molecule is COc1cc(C(=O)NCCC(=O)N[C@H](C)CCc2ccccc2)cc(OC)c1OC. The Morgan fingerprint density at radius 3 is 2.17 bits per heavy atom. The molecule has 0 radical (unpaired) electrons. The number of ether oxygens (including phenoxy) is 3. The Kier molecular flexibility index (Phi) is 9.00. The predicted octanol–water partition coefficient (Wildman–Crippen LogP) is 2.97. The van der Waals surface area contributed by atoms with Crippen molar-refractivity contribution in [2.45, 2.75) is 32.2 Å². The zero-order valence-electron chi connectivity index (χ0n) is 18.0. The van der Waals surface area contributed by atoms with E-state index in [1.807, 2.05) is 25.1 Å². The lowest BCUT2D eigenvalue weighted by Crippen LogP contribution is -2.35. The number of hydrogen-bond donors (Lipinski definition) is 2. The third kappa shape index (κ3) is 6.69. The highest BCUT2D eigenvalue weighted by Crippen LogP contribution is 2.38. The van der Waals surface area contributed by atoms with Crippen molar-refractivity contribution in [2.24, 2.45) is 0 Å². The van der Waals surface area contributed by atoms with Gasteiger partial charge in [0.05, 0.1) is 21.3 Å². The molecule has 0 aliphatic carbocycles. The molecule has 0 aliphatic heterocycles. The first kappa shape index (κ1) is 23.1. The van der Waals surface area contributed by atoms with E-state index in [1.54, 1.807) is 12.1 Å². The summed E-state index contributed by atoms with van der Waals surface area (Å²) < 4.78 is 15.8. The molecule has 0 aromatic heterocycles. The summed E-state index contributed by atoms with van der Waals surface area (Å²) >= 11 is 0. The van der Waals surface area contributed by atoms with Gasteiger partial charge in [-0.25, -0.2) is 0 Å². The smallest absolute Gasteiger partial charge is 0.251 e. The van der Waals surface area contributed by atoms with Crippen LogP contribution < -0.4 is 24.8 Å². The summed E-state index contributed by atoms with van der Waals surface area (Å²) in [5, 5.41) is 5.72. The van der Waals surface area contributed by atoms with Crippen LogP contribution in [0.15, 0.2) is 42.5 Å². The van der Waals surface area contributed by atoms with Gasteiger partial charge in [-0.1, -0.05) is 30.3 Å². The molecule has 0 heterocycles. The Labute approximate surface area is 177 Å². The number of carbonyl (C=O) groups is 2. The van der Waals surface area contributed by atoms with Crippen LogP contribution >= 0.6 is 0 Å². The van der Waals surface area contributed by atoms with Crippen LogP contribution in [0, 0.1) is 0 Å². The van der Waals surface area contributed by atoms with Crippen LogP contribution in [0.2, 0.25) is 0 Å². The van der Waals surface area contributed by atoms with Crippen LogP contribution in [0.1, 0.15) is 35.7 Å². The molecule has 162 valence electrons. The highest BCUT2D eigenvalue weighted by molar-refractivity contribution is 5.95. The average Bonchev–Trinajstić information content (AvgIpc) is 2.77. The number of hydrogen-bond acceptors (Lipinski definition) is 5. The maximum absolute atomic E-state index is 12.4. The molecule has 0 unspecified atom stereocenters. The van der Waals surface area contributed by atoms with E-state index in [0.717, 1.165) is 12.8 Å². The van der Waals surface area contributed by atoms with E-state index in [9.17, 15) is 9.59 Å². The molecule has 0 spiro atoms. The number of aryl methyl sites for hydroxylation is 1. The maximum atomic E-state index is 12.4. The van der Waals surface area contributed by atoms with E-state index in [0.29, 0.717) is 22.8 Å². The molecular formula is C23H30N2O5. The fourth-order valence-corrected chi connectivity index (χ4v) is 3.05. The van der Waals surface area contributed by atoms with Crippen molar-refractivity contribution in [1.29, 1.82) is 0 Å². The maximum Gasteiger partial charge on any atom is 0.251 e. The van der Waals surface area contributed by atoms with Crippen LogP contribution in [0.4, 0.5) is 0 Å². The van der Waals surface area contributed by atoms with E-state index < -0.39 is 0 Å². The second-order valence-electron chi connectivity index (χ2n) is 6.91. The quantitative estimate of drug-likeness (QED) is 0.590. The van der Waals surface area contributed by atoms with Gasteiger partial charge in [-0.3, -0.25) is 9.59 Å².